The molecule has 1 atom stereocenters. The number of carbonyl (C=O) groups is 1. The van der Waals surface area contributed by atoms with Gasteiger partial charge in [0.25, 0.3) is 0 Å². The van der Waals surface area contributed by atoms with Crippen LogP contribution in [0, 0.1) is 5.92 Å². The molecule has 3 rings (SSSR count). The van der Waals surface area contributed by atoms with Gasteiger partial charge in [-0.25, -0.2) is 0 Å². The quantitative estimate of drug-likeness (QED) is 0.732. The van der Waals surface area contributed by atoms with Crippen molar-refractivity contribution in [3.8, 4) is 0 Å². The third-order valence-electron chi connectivity index (χ3n) is 4.16. The van der Waals surface area contributed by atoms with Gasteiger partial charge in [0.2, 0.25) is 5.91 Å². The molecule has 0 spiro atoms. The first-order valence-electron chi connectivity index (χ1n) is 7.95. The molecule has 1 amide bonds. The minimum absolute atomic E-state index is 0.00394. The third kappa shape index (κ3) is 3.84. The summed E-state index contributed by atoms with van der Waals surface area (Å²) in [5, 5.41) is 8.58. The smallest absolute Gasteiger partial charge is 0.234 e. The van der Waals surface area contributed by atoms with Crippen molar-refractivity contribution in [1.29, 1.82) is 0 Å². The zero-order valence-electron chi connectivity index (χ0n) is 12.7. The first kappa shape index (κ1) is 15.0. The Hall–Kier alpha value is -1.91. The molecule has 0 aromatic heterocycles. The Balaban J connectivity index is 1.62. The summed E-state index contributed by atoms with van der Waals surface area (Å²) in [4.78, 5) is 12.0. The Bertz CT molecular complexity index is 652. The standard InChI is InChI=1S/C18H23N3O/c19-10-17(21-18(22)12-20-11-13-5-6-13)16-8-7-14-3-1-2-4-15(14)9-16/h1-4,7-9,13,17,20H,5-6,10-12,19H2,(H,21,22). The van der Waals surface area contributed by atoms with E-state index in [0.29, 0.717) is 13.1 Å². The summed E-state index contributed by atoms with van der Waals surface area (Å²) in [5.74, 6) is 0.780. The van der Waals surface area contributed by atoms with Gasteiger partial charge in [0.15, 0.2) is 0 Å². The zero-order chi connectivity index (χ0) is 15.4. The van der Waals surface area contributed by atoms with Gasteiger partial charge in [-0.2, -0.15) is 0 Å². The normalized spacial score (nSPS) is 15.7. The molecular formula is C18H23N3O. The number of benzene rings is 2. The van der Waals surface area contributed by atoms with Crippen molar-refractivity contribution in [3.63, 3.8) is 0 Å². The third-order valence-corrected chi connectivity index (χ3v) is 4.16. The number of amides is 1. The summed E-state index contributed by atoms with van der Waals surface area (Å²) in [6, 6.07) is 14.3. The van der Waals surface area contributed by atoms with E-state index in [0.717, 1.165) is 18.0 Å². The Labute approximate surface area is 131 Å². The Kier molecular flexibility index (Phi) is 4.71. The SMILES string of the molecule is NCC(NC(=O)CNCC1CC1)c1ccc2ccccc2c1. The summed E-state index contributed by atoms with van der Waals surface area (Å²) in [5.41, 5.74) is 6.90. The van der Waals surface area contributed by atoms with Gasteiger partial charge < -0.3 is 16.4 Å². The number of hydrogen-bond acceptors (Lipinski definition) is 3. The highest BCUT2D eigenvalue weighted by Gasteiger charge is 2.21. The van der Waals surface area contributed by atoms with Crippen LogP contribution in [0.4, 0.5) is 0 Å². The van der Waals surface area contributed by atoms with Crippen molar-refractivity contribution in [1.82, 2.24) is 10.6 Å². The van der Waals surface area contributed by atoms with Crippen molar-refractivity contribution in [2.75, 3.05) is 19.6 Å². The van der Waals surface area contributed by atoms with Crippen molar-refractivity contribution in [3.05, 3.63) is 48.0 Å². The molecule has 0 radical (unpaired) electrons. The molecule has 0 aliphatic heterocycles. The molecule has 2 aromatic carbocycles. The molecule has 1 unspecified atom stereocenters. The van der Waals surface area contributed by atoms with Gasteiger partial charge in [-0.15, -0.1) is 0 Å². The molecule has 116 valence electrons. The fraction of sp³-hybridized carbons (Fsp3) is 0.389. The van der Waals surface area contributed by atoms with Crippen molar-refractivity contribution in [2.45, 2.75) is 18.9 Å². The number of nitrogens with two attached hydrogens (primary N) is 1. The van der Waals surface area contributed by atoms with Gasteiger partial charge in [-0.1, -0.05) is 36.4 Å². The predicted molar refractivity (Wildman–Crippen MR) is 89.5 cm³/mol. The predicted octanol–water partition coefficient (Wildman–Crippen LogP) is 1.96. The molecule has 4 N–H and O–H groups in total. The highest BCUT2D eigenvalue weighted by molar-refractivity contribution is 5.83. The molecule has 1 saturated carbocycles. The Morgan fingerprint density at radius 2 is 1.95 bits per heavy atom. The van der Waals surface area contributed by atoms with Crippen molar-refractivity contribution < 1.29 is 4.79 Å². The van der Waals surface area contributed by atoms with Crippen molar-refractivity contribution in [2.24, 2.45) is 11.7 Å². The van der Waals surface area contributed by atoms with Crippen LogP contribution in [-0.4, -0.2) is 25.5 Å². The van der Waals surface area contributed by atoms with Crippen LogP contribution in [-0.2, 0) is 4.79 Å². The maximum atomic E-state index is 12.0. The van der Waals surface area contributed by atoms with Gasteiger partial charge in [-0.3, -0.25) is 4.79 Å². The van der Waals surface area contributed by atoms with E-state index in [4.69, 9.17) is 5.73 Å². The number of fused-ring (bicyclic) bond motifs is 1. The fourth-order valence-electron chi connectivity index (χ4n) is 2.66. The lowest BCUT2D eigenvalue weighted by molar-refractivity contribution is -0.120. The molecule has 2 aromatic rings. The first-order chi connectivity index (χ1) is 10.8. The van der Waals surface area contributed by atoms with E-state index in [1.165, 1.54) is 23.6 Å². The van der Waals surface area contributed by atoms with Crippen LogP contribution in [0.2, 0.25) is 0 Å². The lowest BCUT2D eigenvalue weighted by Gasteiger charge is -2.18. The van der Waals surface area contributed by atoms with E-state index < -0.39 is 0 Å². The first-order valence-corrected chi connectivity index (χ1v) is 7.95. The van der Waals surface area contributed by atoms with Gasteiger partial charge in [0.05, 0.1) is 12.6 Å². The molecule has 0 saturated heterocycles. The summed E-state index contributed by atoms with van der Waals surface area (Å²) < 4.78 is 0. The van der Waals surface area contributed by atoms with Crippen LogP contribution in [0.25, 0.3) is 10.8 Å². The topological polar surface area (TPSA) is 67.1 Å². The maximum absolute atomic E-state index is 12.0. The van der Waals surface area contributed by atoms with Gasteiger partial charge >= 0.3 is 0 Å². The molecule has 22 heavy (non-hydrogen) atoms. The average Bonchev–Trinajstić information content (AvgIpc) is 3.36. The average molecular weight is 297 g/mol. The lowest BCUT2D eigenvalue weighted by atomic mass is 10.0. The van der Waals surface area contributed by atoms with Gasteiger partial charge in [0, 0.05) is 6.54 Å². The van der Waals surface area contributed by atoms with E-state index >= 15 is 0 Å². The number of rotatable bonds is 7. The molecule has 0 bridgehead atoms. The second-order valence-corrected chi connectivity index (χ2v) is 6.04. The molecule has 4 heteroatoms. The molecule has 1 fully saturated rings. The van der Waals surface area contributed by atoms with Crippen LogP contribution >= 0.6 is 0 Å². The number of hydrogen-bond donors (Lipinski definition) is 3. The van der Waals surface area contributed by atoms with E-state index in [-0.39, 0.29) is 11.9 Å². The summed E-state index contributed by atoms with van der Waals surface area (Å²) >= 11 is 0. The largest absolute Gasteiger partial charge is 0.347 e. The van der Waals surface area contributed by atoms with Crippen LogP contribution < -0.4 is 16.4 Å². The van der Waals surface area contributed by atoms with Gasteiger partial charge in [-0.05, 0) is 47.7 Å². The van der Waals surface area contributed by atoms with Gasteiger partial charge in [0.1, 0.15) is 0 Å². The second kappa shape index (κ2) is 6.90. The highest BCUT2D eigenvalue weighted by atomic mass is 16.1. The summed E-state index contributed by atoms with van der Waals surface area (Å²) in [6.45, 7) is 1.70. The molecule has 4 nitrogen and oxygen atoms in total. The molecular weight excluding hydrogens is 274 g/mol. The highest BCUT2D eigenvalue weighted by Crippen LogP contribution is 2.27. The molecule has 1 aliphatic rings. The lowest BCUT2D eigenvalue weighted by Crippen LogP contribution is -2.39. The number of nitrogens with one attached hydrogen (secondary N) is 2. The second-order valence-electron chi connectivity index (χ2n) is 6.04. The zero-order valence-corrected chi connectivity index (χ0v) is 12.7. The Morgan fingerprint density at radius 3 is 2.68 bits per heavy atom. The minimum atomic E-state index is -0.139. The van der Waals surface area contributed by atoms with E-state index in [1.807, 2.05) is 18.2 Å². The van der Waals surface area contributed by atoms with E-state index in [9.17, 15) is 4.79 Å². The number of carbonyl (C=O) groups excluding carboxylic acids is 1. The van der Waals surface area contributed by atoms with Crippen molar-refractivity contribution >= 4 is 16.7 Å². The summed E-state index contributed by atoms with van der Waals surface area (Å²) in [6.07, 6.45) is 2.58. The molecule has 1 aliphatic carbocycles. The van der Waals surface area contributed by atoms with Crippen LogP contribution in [0.1, 0.15) is 24.4 Å². The fourth-order valence-corrected chi connectivity index (χ4v) is 2.66. The summed E-state index contributed by atoms with van der Waals surface area (Å²) in [7, 11) is 0. The van der Waals surface area contributed by atoms with Crippen LogP contribution in [0.3, 0.4) is 0 Å². The molecule has 0 heterocycles. The monoisotopic (exact) mass is 297 g/mol. The minimum Gasteiger partial charge on any atom is -0.347 e. The van der Waals surface area contributed by atoms with Crippen LogP contribution in [0.15, 0.2) is 42.5 Å². The van der Waals surface area contributed by atoms with Crippen LogP contribution in [0.5, 0.6) is 0 Å². The van der Waals surface area contributed by atoms with E-state index in [1.54, 1.807) is 0 Å². The Morgan fingerprint density at radius 1 is 1.18 bits per heavy atom. The van der Waals surface area contributed by atoms with E-state index in [2.05, 4.69) is 34.9 Å². The maximum Gasteiger partial charge on any atom is 0.234 e.